The Morgan fingerprint density at radius 3 is 2.48 bits per heavy atom. The zero-order valence-electron chi connectivity index (χ0n) is 12.2. The average molecular weight is 303 g/mol. The van der Waals surface area contributed by atoms with E-state index in [4.69, 9.17) is 5.73 Å². The molecule has 0 amide bonds. The smallest absolute Gasteiger partial charge is 0.225 e. The summed E-state index contributed by atoms with van der Waals surface area (Å²) < 4.78 is 0. The predicted molar refractivity (Wildman–Crippen MR) is 86.5 cm³/mol. The van der Waals surface area contributed by atoms with Crippen molar-refractivity contribution in [3.8, 4) is 0 Å². The highest BCUT2D eigenvalue weighted by Gasteiger charge is 2.28. The molecule has 5 nitrogen and oxygen atoms in total. The molecule has 0 saturated carbocycles. The summed E-state index contributed by atoms with van der Waals surface area (Å²) in [5.41, 5.74) is 7.56. The Kier molecular flexibility index (Phi) is 4.48. The normalized spacial score (nSPS) is 19.4. The van der Waals surface area contributed by atoms with Crippen LogP contribution >= 0.6 is 11.3 Å². The van der Waals surface area contributed by atoms with Gasteiger partial charge in [-0.15, -0.1) is 0 Å². The molecule has 21 heavy (non-hydrogen) atoms. The number of anilines is 1. The van der Waals surface area contributed by atoms with Crippen LogP contribution in [0, 0.1) is 0 Å². The number of nitrogens with two attached hydrogens (primary N) is 1. The molecule has 0 aliphatic carbocycles. The molecule has 2 unspecified atom stereocenters. The third-order valence-corrected chi connectivity index (χ3v) is 4.63. The van der Waals surface area contributed by atoms with E-state index in [9.17, 15) is 0 Å². The lowest BCUT2D eigenvalue weighted by Gasteiger charge is -2.40. The molecule has 6 heteroatoms. The molecule has 2 aromatic heterocycles. The first-order chi connectivity index (χ1) is 10.3. The number of rotatable bonds is 4. The first-order valence-electron chi connectivity index (χ1n) is 7.29. The van der Waals surface area contributed by atoms with Crippen LogP contribution in [0.5, 0.6) is 0 Å². The van der Waals surface area contributed by atoms with Gasteiger partial charge in [0.25, 0.3) is 0 Å². The van der Waals surface area contributed by atoms with Crippen molar-refractivity contribution in [3.63, 3.8) is 0 Å². The average Bonchev–Trinajstić information content (AvgIpc) is 3.03. The molecule has 3 heterocycles. The molecule has 0 radical (unpaired) electrons. The molecule has 2 atom stereocenters. The summed E-state index contributed by atoms with van der Waals surface area (Å²) >= 11 is 1.73. The predicted octanol–water partition coefficient (Wildman–Crippen LogP) is 1.75. The fraction of sp³-hybridized carbons (Fsp3) is 0.467. The van der Waals surface area contributed by atoms with Crippen molar-refractivity contribution >= 4 is 17.3 Å². The van der Waals surface area contributed by atoms with Gasteiger partial charge in [-0.25, -0.2) is 9.97 Å². The Morgan fingerprint density at radius 1 is 1.19 bits per heavy atom. The molecule has 112 valence electrons. The van der Waals surface area contributed by atoms with Crippen LogP contribution in [0.1, 0.15) is 18.5 Å². The van der Waals surface area contributed by atoms with E-state index in [2.05, 4.69) is 43.5 Å². The first-order valence-corrected chi connectivity index (χ1v) is 8.23. The van der Waals surface area contributed by atoms with Gasteiger partial charge in [-0.05, 0) is 35.4 Å². The minimum Gasteiger partial charge on any atom is -0.338 e. The van der Waals surface area contributed by atoms with E-state index in [-0.39, 0.29) is 6.04 Å². The van der Waals surface area contributed by atoms with E-state index >= 15 is 0 Å². The van der Waals surface area contributed by atoms with Crippen LogP contribution < -0.4 is 10.6 Å². The summed E-state index contributed by atoms with van der Waals surface area (Å²) in [6.45, 7) is 5.95. The van der Waals surface area contributed by atoms with Gasteiger partial charge in [0.2, 0.25) is 5.95 Å². The van der Waals surface area contributed by atoms with E-state index in [1.807, 2.05) is 6.07 Å². The molecular formula is C15H21N5S. The standard InChI is InChI=1S/C15H21N5S/c1-12(16)14(13-3-10-21-11-13)19-6-8-20(9-7-19)15-17-4-2-5-18-15/h2-5,10-12,14H,6-9,16H2,1H3. The molecule has 2 aromatic rings. The fourth-order valence-corrected chi connectivity index (χ4v) is 3.63. The van der Waals surface area contributed by atoms with Crippen molar-refractivity contribution in [1.82, 2.24) is 14.9 Å². The van der Waals surface area contributed by atoms with Crippen molar-refractivity contribution in [2.75, 3.05) is 31.1 Å². The van der Waals surface area contributed by atoms with Crippen LogP contribution in [0.3, 0.4) is 0 Å². The van der Waals surface area contributed by atoms with Crippen molar-refractivity contribution in [3.05, 3.63) is 40.8 Å². The molecule has 1 saturated heterocycles. The molecule has 0 aromatic carbocycles. The summed E-state index contributed by atoms with van der Waals surface area (Å²) in [6.07, 6.45) is 3.59. The first kappa shape index (κ1) is 14.4. The van der Waals surface area contributed by atoms with E-state index < -0.39 is 0 Å². The third kappa shape index (κ3) is 3.23. The van der Waals surface area contributed by atoms with Gasteiger partial charge >= 0.3 is 0 Å². The highest BCUT2D eigenvalue weighted by Crippen LogP contribution is 2.27. The largest absolute Gasteiger partial charge is 0.338 e. The van der Waals surface area contributed by atoms with Crippen molar-refractivity contribution in [2.24, 2.45) is 5.73 Å². The monoisotopic (exact) mass is 303 g/mol. The second-order valence-corrected chi connectivity index (χ2v) is 6.21. The Bertz CT molecular complexity index is 534. The summed E-state index contributed by atoms with van der Waals surface area (Å²) in [5.74, 6) is 0.824. The van der Waals surface area contributed by atoms with Gasteiger partial charge in [0, 0.05) is 44.6 Å². The Balaban J connectivity index is 1.67. The molecule has 1 aliphatic rings. The molecule has 0 bridgehead atoms. The quantitative estimate of drug-likeness (QED) is 0.932. The van der Waals surface area contributed by atoms with Crippen LogP contribution in [0.25, 0.3) is 0 Å². The topological polar surface area (TPSA) is 58.3 Å². The number of hydrogen-bond acceptors (Lipinski definition) is 6. The van der Waals surface area contributed by atoms with E-state index in [0.717, 1.165) is 32.1 Å². The van der Waals surface area contributed by atoms with E-state index in [1.54, 1.807) is 23.7 Å². The van der Waals surface area contributed by atoms with E-state index in [0.29, 0.717) is 6.04 Å². The molecule has 1 fully saturated rings. The minimum atomic E-state index is 0.124. The summed E-state index contributed by atoms with van der Waals surface area (Å²) in [5, 5.41) is 4.33. The zero-order valence-corrected chi connectivity index (χ0v) is 13.0. The Hall–Kier alpha value is -1.50. The summed E-state index contributed by atoms with van der Waals surface area (Å²) in [6, 6.07) is 4.46. The summed E-state index contributed by atoms with van der Waals surface area (Å²) in [4.78, 5) is 13.4. The SMILES string of the molecule is CC(N)C(c1ccsc1)N1CCN(c2ncccn2)CC1. The maximum Gasteiger partial charge on any atom is 0.225 e. The molecular weight excluding hydrogens is 282 g/mol. The van der Waals surface area contributed by atoms with Crippen LogP contribution in [0.4, 0.5) is 5.95 Å². The second kappa shape index (κ2) is 6.51. The third-order valence-electron chi connectivity index (χ3n) is 3.93. The second-order valence-electron chi connectivity index (χ2n) is 5.43. The van der Waals surface area contributed by atoms with Gasteiger partial charge in [0.15, 0.2) is 0 Å². The van der Waals surface area contributed by atoms with Gasteiger partial charge in [-0.3, -0.25) is 4.90 Å². The number of piperazine rings is 1. The van der Waals surface area contributed by atoms with Gasteiger partial charge in [0.1, 0.15) is 0 Å². The van der Waals surface area contributed by atoms with Crippen LogP contribution in [0.15, 0.2) is 35.3 Å². The lowest BCUT2D eigenvalue weighted by molar-refractivity contribution is 0.166. The minimum absolute atomic E-state index is 0.124. The number of thiophene rings is 1. The van der Waals surface area contributed by atoms with Crippen LogP contribution in [0.2, 0.25) is 0 Å². The van der Waals surface area contributed by atoms with Gasteiger partial charge in [-0.2, -0.15) is 11.3 Å². The molecule has 2 N–H and O–H groups in total. The van der Waals surface area contributed by atoms with Crippen LogP contribution in [-0.4, -0.2) is 47.1 Å². The maximum absolute atomic E-state index is 6.23. The number of hydrogen-bond donors (Lipinski definition) is 1. The molecule has 3 rings (SSSR count). The van der Waals surface area contributed by atoms with Crippen LogP contribution in [-0.2, 0) is 0 Å². The van der Waals surface area contributed by atoms with Gasteiger partial charge in [0.05, 0.1) is 6.04 Å². The van der Waals surface area contributed by atoms with E-state index in [1.165, 1.54) is 5.56 Å². The van der Waals surface area contributed by atoms with Gasteiger partial charge < -0.3 is 10.6 Å². The summed E-state index contributed by atoms with van der Waals surface area (Å²) in [7, 11) is 0. The number of nitrogens with zero attached hydrogens (tertiary/aromatic N) is 4. The molecule has 0 spiro atoms. The zero-order chi connectivity index (χ0) is 14.7. The fourth-order valence-electron chi connectivity index (χ4n) is 2.94. The molecule has 1 aliphatic heterocycles. The maximum atomic E-state index is 6.23. The van der Waals surface area contributed by atoms with Crippen molar-refractivity contribution in [2.45, 2.75) is 19.0 Å². The number of aromatic nitrogens is 2. The lowest BCUT2D eigenvalue weighted by atomic mass is 10.0. The Labute approximate surface area is 129 Å². The van der Waals surface area contributed by atoms with Crippen molar-refractivity contribution < 1.29 is 0 Å². The van der Waals surface area contributed by atoms with Crippen molar-refractivity contribution in [1.29, 1.82) is 0 Å². The Morgan fingerprint density at radius 2 is 1.90 bits per heavy atom. The van der Waals surface area contributed by atoms with Gasteiger partial charge in [-0.1, -0.05) is 0 Å². The highest BCUT2D eigenvalue weighted by atomic mass is 32.1. The highest BCUT2D eigenvalue weighted by molar-refractivity contribution is 7.07. The lowest BCUT2D eigenvalue weighted by Crippen LogP contribution is -2.51.